The number of imidazole rings is 2. The van der Waals surface area contributed by atoms with Crippen LogP contribution < -0.4 is 5.32 Å². The summed E-state index contributed by atoms with van der Waals surface area (Å²) in [7, 11) is 0. The molecule has 1 N–H and O–H groups in total. The summed E-state index contributed by atoms with van der Waals surface area (Å²) in [4.78, 5) is 18.3. The maximum Gasteiger partial charge on any atom is 0.167 e. The molecule has 6 rings (SSSR count). The Morgan fingerprint density at radius 1 is 1.11 bits per heavy atom. The van der Waals surface area contributed by atoms with E-state index in [2.05, 4.69) is 20.3 Å². The van der Waals surface area contributed by atoms with Gasteiger partial charge in [0.15, 0.2) is 17.0 Å². The minimum atomic E-state index is -0.489. The van der Waals surface area contributed by atoms with E-state index in [0.29, 0.717) is 33.8 Å². The molecule has 178 valence electrons. The van der Waals surface area contributed by atoms with Crippen LogP contribution in [-0.4, -0.2) is 35.7 Å². The Kier molecular flexibility index (Phi) is 5.58. The number of halogens is 2. The SMILES string of the molecule is CC(Nc1ncnc2c1ncn2[C@@H]1CCCCO1)c1nc2ccc(F)c(Cl)c2n1-c1ccccc1. The third-order valence-electron chi connectivity index (χ3n) is 6.32. The van der Waals surface area contributed by atoms with Crippen LogP contribution in [0.1, 0.15) is 44.3 Å². The van der Waals surface area contributed by atoms with Gasteiger partial charge in [0.2, 0.25) is 0 Å². The molecule has 10 heteroatoms. The topological polar surface area (TPSA) is 82.7 Å². The smallest absolute Gasteiger partial charge is 0.167 e. The van der Waals surface area contributed by atoms with Gasteiger partial charge in [-0.05, 0) is 50.5 Å². The summed E-state index contributed by atoms with van der Waals surface area (Å²) in [6.45, 7) is 2.70. The Morgan fingerprint density at radius 2 is 1.97 bits per heavy atom. The second-order valence-electron chi connectivity index (χ2n) is 8.60. The summed E-state index contributed by atoms with van der Waals surface area (Å²) >= 11 is 6.41. The van der Waals surface area contributed by atoms with E-state index in [9.17, 15) is 4.39 Å². The van der Waals surface area contributed by atoms with Crippen LogP contribution in [-0.2, 0) is 4.74 Å². The van der Waals surface area contributed by atoms with Crippen molar-refractivity contribution in [3.8, 4) is 5.69 Å². The van der Waals surface area contributed by atoms with Gasteiger partial charge in [-0.3, -0.25) is 9.13 Å². The van der Waals surface area contributed by atoms with Crippen molar-refractivity contribution in [2.75, 3.05) is 11.9 Å². The van der Waals surface area contributed by atoms with E-state index >= 15 is 0 Å². The summed E-state index contributed by atoms with van der Waals surface area (Å²) < 4.78 is 24.2. The summed E-state index contributed by atoms with van der Waals surface area (Å²) in [6.07, 6.45) is 6.30. The van der Waals surface area contributed by atoms with Crippen LogP contribution >= 0.6 is 11.6 Å². The van der Waals surface area contributed by atoms with Gasteiger partial charge in [0, 0.05) is 12.3 Å². The maximum atomic E-state index is 14.4. The molecule has 1 aliphatic heterocycles. The largest absolute Gasteiger partial charge is 0.358 e. The predicted octanol–water partition coefficient (Wildman–Crippen LogP) is 5.83. The molecule has 0 aliphatic carbocycles. The molecule has 0 radical (unpaired) electrons. The number of rotatable bonds is 5. The van der Waals surface area contributed by atoms with Gasteiger partial charge in [-0.25, -0.2) is 24.3 Å². The molecule has 1 unspecified atom stereocenters. The van der Waals surface area contributed by atoms with Crippen molar-refractivity contribution in [2.45, 2.75) is 38.5 Å². The Labute approximate surface area is 205 Å². The fourth-order valence-electron chi connectivity index (χ4n) is 4.63. The lowest BCUT2D eigenvalue weighted by Gasteiger charge is -2.23. The molecule has 5 aromatic rings. The Bertz CT molecular complexity index is 1510. The van der Waals surface area contributed by atoms with Gasteiger partial charge in [0.25, 0.3) is 0 Å². The van der Waals surface area contributed by atoms with Gasteiger partial charge in [0.1, 0.15) is 29.2 Å². The molecule has 0 bridgehead atoms. The highest BCUT2D eigenvalue weighted by atomic mass is 35.5. The standard InChI is InChI=1S/C25H23ClFN7O/c1-15(31-23-21-25(29-13-28-23)33(14-30-21)19-9-5-6-12-35-19)24-32-18-11-10-17(27)20(26)22(18)34(24)16-7-3-2-4-8-16/h2-4,7-8,10-11,13-15,19H,5-6,9,12H2,1H3,(H,28,29,31)/t15?,19-/m0/s1. The average Bonchev–Trinajstić information content (AvgIpc) is 3.50. The molecule has 2 aromatic carbocycles. The third kappa shape index (κ3) is 3.81. The molecular formula is C25H23ClFN7O. The zero-order chi connectivity index (χ0) is 23.9. The van der Waals surface area contributed by atoms with E-state index in [1.165, 1.54) is 12.4 Å². The van der Waals surface area contributed by atoms with Crippen LogP contribution in [0.15, 0.2) is 55.1 Å². The molecule has 35 heavy (non-hydrogen) atoms. The van der Waals surface area contributed by atoms with Crippen molar-refractivity contribution >= 4 is 39.6 Å². The van der Waals surface area contributed by atoms with Gasteiger partial charge in [-0.2, -0.15) is 0 Å². The van der Waals surface area contributed by atoms with Crippen LogP contribution in [0.2, 0.25) is 5.02 Å². The lowest BCUT2D eigenvalue weighted by Crippen LogP contribution is -2.18. The fraction of sp³-hybridized carbons (Fsp3) is 0.280. The summed E-state index contributed by atoms with van der Waals surface area (Å²) in [6, 6.07) is 12.3. The van der Waals surface area contributed by atoms with Crippen LogP contribution in [0.3, 0.4) is 0 Å². The minimum absolute atomic E-state index is 0.0351. The molecule has 4 heterocycles. The first-order valence-electron chi connectivity index (χ1n) is 11.6. The number of benzene rings is 2. The van der Waals surface area contributed by atoms with Crippen molar-refractivity contribution in [3.05, 3.63) is 71.8 Å². The molecule has 0 amide bonds. The van der Waals surface area contributed by atoms with Gasteiger partial charge < -0.3 is 10.1 Å². The van der Waals surface area contributed by atoms with E-state index < -0.39 is 5.82 Å². The molecule has 1 fully saturated rings. The summed E-state index contributed by atoms with van der Waals surface area (Å²) in [5.74, 6) is 0.762. The van der Waals surface area contributed by atoms with Crippen molar-refractivity contribution in [2.24, 2.45) is 0 Å². The second kappa shape index (κ2) is 8.90. The first-order chi connectivity index (χ1) is 17.1. The van der Waals surface area contributed by atoms with E-state index in [-0.39, 0.29) is 17.3 Å². The first-order valence-corrected chi connectivity index (χ1v) is 12.0. The molecule has 3 aromatic heterocycles. The van der Waals surface area contributed by atoms with Gasteiger partial charge in [0.05, 0.1) is 23.4 Å². The van der Waals surface area contributed by atoms with Crippen LogP contribution in [0.4, 0.5) is 10.2 Å². The molecule has 1 aliphatic rings. The molecule has 8 nitrogen and oxygen atoms in total. The number of anilines is 1. The van der Waals surface area contributed by atoms with E-state index in [0.717, 1.165) is 31.6 Å². The Balaban J connectivity index is 1.42. The predicted molar refractivity (Wildman–Crippen MR) is 132 cm³/mol. The average molecular weight is 492 g/mol. The number of ether oxygens (including phenoxy) is 1. The molecule has 2 atom stereocenters. The number of fused-ring (bicyclic) bond motifs is 2. The highest BCUT2D eigenvalue weighted by Crippen LogP contribution is 2.34. The zero-order valence-corrected chi connectivity index (χ0v) is 19.8. The number of hydrogen-bond donors (Lipinski definition) is 1. The van der Waals surface area contributed by atoms with Crippen molar-refractivity contribution in [3.63, 3.8) is 0 Å². The quantitative estimate of drug-likeness (QED) is 0.333. The normalized spacial score (nSPS) is 17.2. The number of hydrogen-bond acceptors (Lipinski definition) is 6. The maximum absolute atomic E-state index is 14.4. The van der Waals surface area contributed by atoms with Crippen molar-refractivity contribution < 1.29 is 9.13 Å². The summed E-state index contributed by atoms with van der Waals surface area (Å²) in [5, 5.41) is 3.47. The van der Waals surface area contributed by atoms with Crippen LogP contribution in [0.5, 0.6) is 0 Å². The molecule has 0 saturated carbocycles. The van der Waals surface area contributed by atoms with Gasteiger partial charge >= 0.3 is 0 Å². The lowest BCUT2D eigenvalue weighted by molar-refractivity contribution is -0.0298. The van der Waals surface area contributed by atoms with E-state index in [1.54, 1.807) is 12.4 Å². The first kappa shape index (κ1) is 21.9. The lowest BCUT2D eigenvalue weighted by atomic mass is 10.2. The van der Waals surface area contributed by atoms with E-state index in [1.807, 2.05) is 46.4 Å². The number of nitrogens with one attached hydrogen (secondary N) is 1. The van der Waals surface area contributed by atoms with Gasteiger partial charge in [-0.15, -0.1) is 0 Å². The minimum Gasteiger partial charge on any atom is -0.358 e. The number of aromatic nitrogens is 6. The molecule has 1 saturated heterocycles. The van der Waals surface area contributed by atoms with E-state index in [4.69, 9.17) is 21.3 Å². The fourth-order valence-corrected chi connectivity index (χ4v) is 4.87. The Morgan fingerprint density at radius 3 is 2.77 bits per heavy atom. The van der Waals surface area contributed by atoms with Crippen molar-refractivity contribution in [1.82, 2.24) is 29.1 Å². The Hall–Kier alpha value is -3.56. The number of nitrogens with zero attached hydrogens (tertiary/aromatic N) is 6. The summed E-state index contributed by atoms with van der Waals surface area (Å²) in [5.41, 5.74) is 3.32. The molecule has 0 spiro atoms. The monoisotopic (exact) mass is 491 g/mol. The highest BCUT2D eigenvalue weighted by molar-refractivity contribution is 6.35. The third-order valence-corrected chi connectivity index (χ3v) is 6.67. The van der Waals surface area contributed by atoms with Crippen molar-refractivity contribution in [1.29, 1.82) is 0 Å². The second-order valence-corrected chi connectivity index (χ2v) is 8.98. The zero-order valence-electron chi connectivity index (χ0n) is 19.0. The van der Waals surface area contributed by atoms with Crippen LogP contribution in [0, 0.1) is 5.82 Å². The highest BCUT2D eigenvalue weighted by Gasteiger charge is 2.24. The molecular weight excluding hydrogens is 469 g/mol. The van der Waals surface area contributed by atoms with Gasteiger partial charge in [-0.1, -0.05) is 29.8 Å². The number of para-hydroxylation sites is 1. The van der Waals surface area contributed by atoms with Crippen LogP contribution in [0.25, 0.3) is 27.9 Å².